The van der Waals surface area contributed by atoms with Crippen molar-refractivity contribution in [3.05, 3.63) is 64.7 Å². The third kappa shape index (κ3) is 6.49. The van der Waals surface area contributed by atoms with Gasteiger partial charge in [0.2, 0.25) is 0 Å². The minimum absolute atomic E-state index is 0.121. The molecule has 0 bridgehead atoms. The molecule has 4 N–H and O–H groups in total. The van der Waals surface area contributed by atoms with Gasteiger partial charge in [0.05, 0.1) is 23.4 Å². The summed E-state index contributed by atoms with van der Waals surface area (Å²) in [6.45, 7) is -1.00. The van der Waals surface area contributed by atoms with Crippen LogP contribution in [0.15, 0.2) is 42.5 Å². The molecule has 0 unspecified atom stereocenters. The molecule has 1 atom stereocenters. The standard InChI is InChI=1S/C29H24F9N5O5/c30-27(31,32)15-9-14(10-16(11-15)28(33,34)35)13-42-18-4-2-1-3-17(18)20(44)12-19(21(42)45)43(23(39)47)22(46)25(5-6-25)40-24(48)41-26(7-8-26)29(36,37)38/h1-4,9-11,19H,5-8,12-13H2,(H2,39,47)(H2,40,41,48)/t19-/m1/s1. The molecule has 2 aliphatic carbocycles. The van der Waals surface area contributed by atoms with Crippen LogP contribution in [0, 0.1) is 0 Å². The molecule has 5 rings (SSSR count). The summed E-state index contributed by atoms with van der Waals surface area (Å²) in [5, 5.41) is 3.85. The van der Waals surface area contributed by atoms with Gasteiger partial charge in [0.15, 0.2) is 5.78 Å². The van der Waals surface area contributed by atoms with E-state index in [1.807, 2.05) is 0 Å². The minimum atomic E-state index is -5.23. The molecule has 2 saturated carbocycles. The highest BCUT2D eigenvalue weighted by atomic mass is 19.4. The Bertz CT molecular complexity index is 1660. The van der Waals surface area contributed by atoms with Gasteiger partial charge < -0.3 is 21.3 Å². The highest BCUT2D eigenvalue weighted by molar-refractivity contribution is 6.15. The second-order valence-electron chi connectivity index (χ2n) is 11.8. The van der Waals surface area contributed by atoms with Crippen molar-refractivity contribution in [2.45, 2.75) is 74.3 Å². The Morgan fingerprint density at radius 1 is 0.854 bits per heavy atom. The van der Waals surface area contributed by atoms with Gasteiger partial charge in [0.1, 0.15) is 17.1 Å². The molecule has 2 aromatic rings. The largest absolute Gasteiger partial charge is 0.416 e. The summed E-state index contributed by atoms with van der Waals surface area (Å²) in [4.78, 5) is 67.1. The lowest BCUT2D eigenvalue weighted by Gasteiger charge is -2.33. The molecule has 2 aromatic carbocycles. The van der Waals surface area contributed by atoms with Crippen molar-refractivity contribution in [3.63, 3.8) is 0 Å². The molecule has 0 aromatic heterocycles. The summed E-state index contributed by atoms with van der Waals surface area (Å²) in [6.07, 6.45) is -17.5. The van der Waals surface area contributed by atoms with E-state index in [2.05, 4.69) is 5.32 Å². The maximum Gasteiger partial charge on any atom is 0.416 e. The molecule has 1 heterocycles. The van der Waals surface area contributed by atoms with Gasteiger partial charge in [-0.25, -0.2) is 14.5 Å². The maximum atomic E-state index is 14.1. The zero-order valence-electron chi connectivity index (χ0n) is 24.3. The molecule has 3 aliphatic rings. The summed E-state index contributed by atoms with van der Waals surface area (Å²) in [5.41, 5.74) is -3.65. The van der Waals surface area contributed by atoms with Crippen LogP contribution in [0.2, 0.25) is 0 Å². The molecule has 0 saturated heterocycles. The number of carbonyl (C=O) groups excluding carboxylic acids is 5. The zero-order valence-corrected chi connectivity index (χ0v) is 24.3. The molecule has 6 amide bonds. The number of nitrogens with two attached hydrogens (primary N) is 1. The average Bonchev–Trinajstić information content (AvgIpc) is 3.90. The predicted octanol–water partition coefficient (Wildman–Crippen LogP) is 5.05. The molecule has 19 heteroatoms. The SMILES string of the molecule is NC(=O)N(C(=O)C1(NC(=O)NC2(C(F)(F)F)CC2)CC1)[C@@H]1CC(=O)c2ccccc2N(Cc2cc(C(F)(F)F)cc(C(F)(F)F)c2)C1=O. The summed E-state index contributed by atoms with van der Waals surface area (Å²) in [6, 6.07) is 0.468. The van der Waals surface area contributed by atoms with Crippen molar-refractivity contribution in [3.8, 4) is 0 Å². The summed E-state index contributed by atoms with van der Waals surface area (Å²) >= 11 is 0. The van der Waals surface area contributed by atoms with E-state index in [4.69, 9.17) is 5.73 Å². The zero-order chi connectivity index (χ0) is 35.6. The molecule has 1 aliphatic heterocycles. The molecule has 10 nitrogen and oxygen atoms in total. The third-order valence-electron chi connectivity index (χ3n) is 8.34. The number of alkyl halides is 9. The number of nitrogens with one attached hydrogen (secondary N) is 2. The van der Waals surface area contributed by atoms with Crippen molar-refractivity contribution in [1.82, 2.24) is 15.5 Å². The Morgan fingerprint density at radius 2 is 1.42 bits per heavy atom. The minimum Gasteiger partial charge on any atom is -0.351 e. The third-order valence-corrected chi connectivity index (χ3v) is 8.34. The number of amides is 6. The van der Waals surface area contributed by atoms with Crippen molar-refractivity contribution in [2.75, 3.05) is 4.90 Å². The lowest BCUT2D eigenvalue weighted by Crippen LogP contribution is -2.62. The van der Waals surface area contributed by atoms with E-state index in [-0.39, 0.29) is 35.1 Å². The Hall–Kier alpha value is -4.84. The summed E-state index contributed by atoms with van der Waals surface area (Å²) < 4.78 is 122. The van der Waals surface area contributed by atoms with Crippen LogP contribution < -0.4 is 21.3 Å². The van der Waals surface area contributed by atoms with Crippen LogP contribution in [-0.2, 0) is 28.5 Å². The van der Waals surface area contributed by atoms with Crippen molar-refractivity contribution in [2.24, 2.45) is 5.73 Å². The van der Waals surface area contributed by atoms with Crippen LogP contribution in [0.3, 0.4) is 0 Å². The number of ketones is 1. The number of primary amides is 1. The number of nitrogens with zero attached hydrogens (tertiary/aromatic N) is 2. The monoisotopic (exact) mass is 693 g/mol. The fourth-order valence-electron chi connectivity index (χ4n) is 5.49. The average molecular weight is 694 g/mol. The van der Waals surface area contributed by atoms with E-state index in [1.54, 1.807) is 5.32 Å². The molecule has 2 fully saturated rings. The number of imide groups is 1. The highest BCUT2D eigenvalue weighted by Gasteiger charge is 2.65. The quantitative estimate of drug-likeness (QED) is 0.364. The maximum absolute atomic E-state index is 14.1. The molecule has 258 valence electrons. The topological polar surface area (TPSA) is 142 Å². The van der Waals surface area contributed by atoms with E-state index in [9.17, 15) is 63.5 Å². The van der Waals surface area contributed by atoms with Crippen LogP contribution in [0.5, 0.6) is 0 Å². The number of carbonyl (C=O) groups is 5. The summed E-state index contributed by atoms with van der Waals surface area (Å²) in [5.74, 6) is -3.54. The molecule has 0 spiro atoms. The Morgan fingerprint density at radius 3 is 1.90 bits per heavy atom. The Balaban J connectivity index is 1.50. The number of fused-ring (bicyclic) bond motifs is 1. The number of Topliss-reactive ketones (excluding diaryl/α,β-unsaturated/α-hetero) is 1. The van der Waals surface area contributed by atoms with Crippen LogP contribution >= 0.6 is 0 Å². The number of para-hydroxylation sites is 1. The van der Waals surface area contributed by atoms with Crippen molar-refractivity contribution < 1.29 is 63.5 Å². The van der Waals surface area contributed by atoms with Gasteiger partial charge in [-0.15, -0.1) is 0 Å². The van der Waals surface area contributed by atoms with Crippen molar-refractivity contribution >= 4 is 35.3 Å². The number of hydrogen-bond donors (Lipinski definition) is 3. The number of anilines is 1. The van der Waals surface area contributed by atoms with E-state index in [0.717, 1.165) is 0 Å². The van der Waals surface area contributed by atoms with Gasteiger partial charge in [0.25, 0.3) is 11.8 Å². The first kappa shape index (κ1) is 34.5. The normalized spacial score (nSPS) is 19.9. The number of halogens is 9. The highest BCUT2D eigenvalue weighted by Crippen LogP contribution is 2.49. The fourth-order valence-corrected chi connectivity index (χ4v) is 5.49. The van der Waals surface area contributed by atoms with Crippen LogP contribution in [0.1, 0.15) is 59.2 Å². The van der Waals surface area contributed by atoms with Gasteiger partial charge in [-0.3, -0.25) is 14.4 Å². The smallest absolute Gasteiger partial charge is 0.351 e. The first-order valence-corrected chi connectivity index (χ1v) is 14.1. The van der Waals surface area contributed by atoms with E-state index < -0.39 is 108 Å². The lowest BCUT2D eigenvalue weighted by molar-refractivity contribution is -0.162. The van der Waals surface area contributed by atoms with Crippen LogP contribution in [-0.4, -0.2) is 57.9 Å². The van der Waals surface area contributed by atoms with Crippen LogP contribution in [0.25, 0.3) is 0 Å². The first-order valence-electron chi connectivity index (χ1n) is 14.1. The second-order valence-corrected chi connectivity index (χ2v) is 11.8. The van der Waals surface area contributed by atoms with Gasteiger partial charge >= 0.3 is 30.6 Å². The number of urea groups is 2. The predicted molar refractivity (Wildman–Crippen MR) is 145 cm³/mol. The van der Waals surface area contributed by atoms with E-state index >= 15 is 0 Å². The van der Waals surface area contributed by atoms with Gasteiger partial charge in [-0.1, -0.05) is 12.1 Å². The number of hydrogen-bond acceptors (Lipinski definition) is 5. The molecular formula is C29H24F9N5O5. The first-order chi connectivity index (χ1) is 22.1. The van der Waals surface area contributed by atoms with E-state index in [1.165, 1.54) is 24.3 Å². The van der Waals surface area contributed by atoms with Gasteiger partial charge in [0, 0.05) is 12.0 Å². The second kappa shape index (κ2) is 11.4. The fraction of sp³-hybridized carbons (Fsp3) is 0.414. The Kier molecular flexibility index (Phi) is 8.19. The summed E-state index contributed by atoms with van der Waals surface area (Å²) in [7, 11) is 0. The van der Waals surface area contributed by atoms with Gasteiger partial charge in [-0.05, 0) is 61.6 Å². The van der Waals surface area contributed by atoms with Gasteiger partial charge in [-0.2, -0.15) is 39.5 Å². The number of benzene rings is 2. The van der Waals surface area contributed by atoms with Crippen LogP contribution in [0.4, 0.5) is 54.8 Å². The van der Waals surface area contributed by atoms with Crippen molar-refractivity contribution in [1.29, 1.82) is 0 Å². The lowest BCUT2D eigenvalue weighted by atomic mass is 10.0. The molecule has 0 radical (unpaired) electrons. The van der Waals surface area contributed by atoms with E-state index in [0.29, 0.717) is 17.0 Å². The Labute approximate surface area is 264 Å². The molecular weight excluding hydrogens is 669 g/mol. The number of rotatable bonds is 6. The molecule has 48 heavy (non-hydrogen) atoms.